The minimum Gasteiger partial charge on any atom is -0.0808 e. The molecule has 0 atom stereocenters. The van der Waals surface area contributed by atoms with Crippen LogP contribution in [0.2, 0.25) is 0 Å². The molecule has 70 valence electrons. The molecule has 0 aromatic heterocycles. The van der Waals surface area contributed by atoms with Crippen LogP contribution >= 0.6 is 0 Å². The van der Waals surface area contributed by atoms with E-state index < -0.39 is 0 Å². The summed E-state index contributed by atoms with van der Waals surface area (Å²) in [6.07, 6.45) is 19.0. The molecule has 2 heteroatoms. The molecule has 0 bridgehead atoms. The summed E-state index contributed by atoms with van der Waals surface area (Å²) in [5, 5.41) is 0. The second-order valence-electron chi connectivity index (χ2n) is 2.18. The van der Waals surface area contributed by atoms with Gasteiger partial charge in [-0.15, -0.1) is 0 Å². The SMILES string of the molecule is C1=CCC=C1.C1=CCC=C1.[Fe].[Pd]. The Morgan fingerprint density at radius 3 is 0.917 bits per heavy atom. The van der Waals surface area contributed by atoms with Gasteiger partial charge in [-0.2, -0.15) is 0 Å². The first-order valence-electron chi connectivity index (χ1n) is 3.63. The first-order valence-corrected chi connectivity index (χ1v) is 3.63. The van der Waals surface area contributed by atoms with Crippen LogP contribution in [0.3, 0.4) is 0 Å². The van der Waals surface area contributed by atoms with Crippen molar-refractivity contribution in [2.45, 2.75) is 12.8 Å². The van der Waals surface area contributed by atoms with Gasteiger partial charge in [0, 0.05) is 37.5 Å². The monoisotopic (exact) mass is 294 g/mol. The van der Waals surface area contributed by atoms with E-state index in [9.17, 15) is 0 Å². The molecule has 0 fully saturated rings. The van der Waals surface area contributed by atoms with Crippen LogP contribution in [-0.2, 0) is 37.5 Å². The van der Waals surface area contributed by atoms with Gasteiger partial charge in [-0.25, -0.2) is 0 Å². The largest absolute Gasteiger partial charge is 0.0808 e. The smallest absolute Gasteiger partial charge is 0 e. The van der Waals surface area contributed by atoms with Crippen molar-refractivity contribution in [3.8, 4) is 0 Å². The molecule has 0 saturated heterocycles. The van der Waals surface area contributed by atoms with Gasteiger partial charge < -0.3 is 0 Å². The van der Waals surface area contributed by atoms with Crippen LogP contribution in [-0.4, -0.2) is 0 Å². The molecule has 0 aromatic rings. The first-order chi connectivity index (χ1) is 5.00. The van der Waals surface area contributed by atoms with E-state index in [0.717, 1.165) is 12.8 Å². The van der Waals surface area contributed by atoms with Crippen molar-refractivity contribution >= 4 is 0 Å². The first kappa shape index (κ1) is 14.7. The molecule has 0 amide bonds. The average Bonchev–Trinajstić information content (AvgIpc) is 2.67. The fraction of sp³-hybridized carbons (Fsp3) is 0.200. The maximum absolute atomic E-state index is 2.12. The molecule has 0 N–H and O–H groups in total. The molecule has 0 aromatic carbocycles. The topological polar surface area (TPSA) is 0 Å². The van der Waals surface area contributed by atoms with Gasteiger partial charge in [0.2, 0.25) is 0 Å². The number of rotatable bonds is 0. The number of allylic oxidation sites excluding steroid dienone is 8. The van der Waals surface area contributed by atoms with E-state index in [1.807, 2.05) is 0 Å². The summed E-state index contributed by atoms with van der Waals surface area (Å²) in [7, 11) is 0. The Morgan fingerprint density at radius 2 is 0.833 bits per heavy atom. The standard InChI is InChI=1S/2C5H6.Fe.Pd/c2*1-2-4-5-3-1;;/h2*1-4H,5H2;;. The van der Waals surface area contributed by atoms with Crippen molar-refractivity contribution in [1.82, 2.24) is 0 Å². The summed E-state index contributed by atoms with van der Waals surface area (Å²) in [4.78, 5) is 0. The number of hydrogen-bond acceptors (Lipinski definition) is 0. The number of hydrogen-bond donors (Lipinski definition) is 0. The Balaban J connectivity index is 0. The third-order valence-electron chi connectivity index (χ3n) is 1.31. The van der Waals surface area contributed by atoms with E-state index in [4.69, 9.17) is 0 Å². The van der Waals surface area contributed by atoms with Gasteiger partial charge in [-0.3, -0.25) is 0 Å². The van der Waals surface area contributed by atoms with Crippen LogP contribution in [0.15, 0.2) is 48.6 Å². The predicted octanol–water partition coefficient (Wildman–Crippen LogP) is 3.00. The van der Waals surface area contributed by atoms with Crippen LogP contribution in [0.1, 0.15) is 12.8 Å². The van der Waals surface area contributed by atoms with Crippen molar-refractivity contribution < 1.29 is 37.5 Å². The molecule has 0 unspecified atom stereocenters. The van der Waals surface area contributed by atoms with Gasteiger partial charge >= 0.3 is 0 Å². The summed E-state index contributed by atoms with van der Waals surface area (Å²) in [6, 6.07) is 0. The van der Waals surface area contributed by atoms with Gasteiger partial charge in [-0.05, 0) is 12.8 Å². The molecule has 0 aliphatic heterocycles. The van der Waals surface area contributed by atoms with Gasteiger partial charge in [0.1, 0.15) is 0 Å². The summed E-state index contributed by atoms with van der Waals surface area (Å²) >= 11 is 0. The third kappa shape index (κ3) is 8.24. The Kier molecular flexibility index (Phi) is 13.6. The Morgan fingerprint density at radius 1 is 0.583 bits per heavy atom. The average molecular weight is 294 g/mol. The molecule has 0 saturated carbocycles. The molecule has 2 rings (SSSR count). The van der Waals surface area contributed by atoms with E-state index in [2.05, 4.69) is 48.6 Å². The van der Waals surface area contributed by atoms with Crippen molar-refractivity contribution in [3.63, 3.8) is 0 Å². The molecule has 0 radical (unpaired) electrons. The van der Waals surface area contributed by atoms with Crippen molar-refractivity contribution in [3.05, 3.63) is 48.6 Å². The van der Waals surface area contributed by atoms with E-state index in [1.54, 1.807) is 0 Å². The van der Waals surface area contributed by atoms with Gasteiger partial charge in [-0.1, -0.05) is 48.6 Å². The summed E-state index contributed by atoms with van der Waals surface area (Å²) < 4.78 is 0. The molecule has 0 spiro atoms. The van der Waals surface area contributed by atoms with Gasteiger partial charge in [0.25, 0.3) is 0 Å². The van der Waals surface area contributed by atoms with Gasteiger partial charge in [0.05, 0.1) is 0 Å². The van der Waals surface area contributed by atoms with Crippen LogP contribution in [0.25, 0.3) is 0 Å². The van der Waals surface area contributed by atoms with E-state index in [0.29, 0.717) is 0 Å². The second-order valence-corrected chi connectivity index (χ2v) is 2.18. The van der Waals surface area contributed by atoms with Crippen LogP contribution < -0.4 is 0 Å². The fourth-order valence-corrected chi connectivity index (χ4v) is 0.786. The molecule has 0 nitrogen and oxygen atoms in total. The van der Waals surface area contributed by atoms with Gasteiger partial charge in [0.15, 0.2) is 0 Å². The molecule has 2 aliphatic rings. The Bertz CT molecular complexity index is 148. The van der Waals surface area contributed by atoms with E-state index in [1.165, 1.54) is 0 Å². The zero-order valence-corrected chi connectivity index (χ0v) is 9.36. The molecular formula is C10H12FePd. The minimum absolute atomic E-state index is 0. The van der Waals surface area contributed by atoms with Crippen molar-refractivity contribution in [2.75, 3.05) is 0 Å². The Hall–Kier alpha value is 0.142. The van der Waals surface area contributed by atoms with Crippen molar-refractivity contribution in [1.29, 1.82) is 0 Å². The maximum Gasteiger partial charge on any atom is 0 e. The van der Waals surface area contributed by atoms with Crippen LogP contribution in [0.5, 0.6) is 0 Å². The van der Waals surface area contributed by atoms with E-state index in [-0.39, 0.29) is 37.5 Å². The normalized spacial score (nSPS) is 14.7. The second kappa shape index (κ2) is 11.1. The Labute approximate surface area is 98.6 Å². The van der Waals surface area contributed by atoms with Crippen LogP contribution in [0, 0.1) is 0 Å². The molecular weight excluding hydrogens is 282 g/mol. The molecule has 2 aliphatic carbocycles. The predicted molar refractivity (Wildman–Crippen MR) is 45.8 cm³/mol. The molecule has 12 heavy (non-hydrogen) atoms. The summed E-state index contributed by atoms with van der Waals surface area (Å²) in [6.45, 7) is 0. The fourth-order valence-electron chi connectivity index (χ4n) is 0.786. The zero-order valence-electron chi connectivity index (χ0n) is 6.70. The maximum atomic E-state index is 2.12. The summed E-state index contributed by atoms with van der Waals surface area (Å²) in [5.41, 5.74) is 0. The molecule has 0 heterocycles. The quantitative estimate of drug-likeness (QED) is 0.603. The third-order valence-corrected chi connectivity index (χ3v) is 1.31. The summed E-state index contributed by atoms with van der Waals surface area (Å²) in [5.74, 6) is 0. The van der Waals surface area contributed by atoms with E-state index >= 15 is 0 Å². The van der Waals surface area contributed by atoms with Crippen LogP contribution in [0.4, 0.5) is 0 Å². The zero-order chi connectivity index (χ0) is 7.07. The van der Waals surface area contributed by atoms with Crippen molar-refractivity contribution in [2.24, 2.45) is 0 Å². The minimum atomic E-state index is 0.